The van der Waals surface area contributed by atoms with Crippen LogP contribution < -0.4 is 10.1 Å². The van der Waals surface area contributed by atoms with E-state index in [-0.39, 0.29) is 11.9 Å². The van der Waals surface area contributed by atoms with Gasteiger partial charge in [-0.15, -0.1) is 0 Å². The second-order valence-electron chi connectivity index (χ2n) is 5.39. The lowest BCUT2D eigenvalue weighted by molar-refractivity contribution is -0.0000385. The van der Waals surface area contributed by atoms with Gasteiger partial charge in [-0.3, -0.25) is 0 Å². The van der Waals surface area contributed by atoms with Crippen molar-refractivity contribution in [2.75, 3.05) is 26.3 Å². The molecular weight excluding hydrogens is 245 g/mol. The first-order valence-corrected chi connectivity index (χ1v) is 7.02. The van der Waals surface area contributed by atoms with Crippen molar-refractivity contribution in [2.24, 2.45) is 0 Å². The molecule has 0 radical (unpaired) electrons. The standard InChI is InChI=1S/C15H20FNO2/c1-10-2-3-12-13(16)4-5-14(15(10)12)19-9-11-8-17-6-7-18-11/h4-5,10-11,17H,2-3,6-9H2,1H3. The largest absolute Gasteiger partial charge is 0.491 e. The number of hydrogen-bond acceptors (Lipinski definition) is 3. The summed E-state index contributed by atoms with van der Waals surface area (Å²) < 4.78 is 25.2. The molecular formula is C15H20FNO2. The van der Waals surface area contributed by atoms with Crippen LogP contribution in [0.15, 0.2) is 12.1 Å². The first-order valence-electron chi connectivity index (χ1n) is 7.02. The van der Waals surface area contributed by atoms with Crippen LogP contribution in [-0.2, 0) is 11.2 Å². The van der Waals surface area contributed by atoms with Gasteiger partial charge in [-0.2, -0.15) is 0 Å². The van der Waals surface area contributed by atoms with Crippen molar-refractivity contribution in [1.29, 1.82) is 0 Å². The lowest BCUT2D eigenvalue weighted by Crippen LogP contribution is -2.41. The summed E-state index contributed by atoms with van der Waals surface area (Å²) in [5.41, 5.74) is 1.90. The molecule has 1 heterocycles. The lowest BCUT2D eigenvalue weighted by atomic mass is 10.0. The topological polar surface area (TPSA) is 30.5 Å². The third-order valence-electron chi connectivity index (χ3n) is 4.01. The van der Waals surface area contributed by atoms with Crippen molar-refractivity contribution in [2.45, 2.75) is 31.8 Å². The van der Waals surface area contributed by atoms with Crippen LogP contribution in [0.4, 0.5) is 4.39 Å². The van der Waals surface area contributed by atoms with E-state index in [2.05, 4.69) is 12.2 Å². The van der Waals surface area contributed by atoms with Gasteiger partial charge >= 0.3 is 0 Å². The van der Waals surface area contributed by atoms with Crippen molar-refractivity contribution in [3.05, 3.63) is 29.1 Å². The molecule has 0 spiro atoms. The highest BCUT2D eigenvalue weighted by molar-refractivity contribution is 5.46. The predicted octanol–water partition coefficient (Wildman–Crippen LogP) is 2.24. The molecule has 1 aromatic carbocycles. The average molecular weight is 265 g/mol. The van der Waals surface area contributed by atoms with Crippen LogP contribution in [0.2, 0.25) is 0 Å². The Kier molecular flexibility index (Phi) is 3.71. The molecule has 0 saturated carbocycles. The summed E-state index contributed by atoms with van der Waals surface area (Å²) >= 11 is 0. The van der Waals surface area contributed by atoms with Crippen molar-refractivity contribution >= 4 is 0 Å². The highest BCUT2D eigenvalue weighted by atomic mass is 19.1. The number of ether oxygens (including phenoxy) is 2. The summed E-state index contributed by atoms with van der Waals surface area (Å²) in [5.74, 6) is 1.11. The van der Waals surface area contributed by atoms with E-state index in [1.165, 1.54) is 6.07 Å². The summed E-state index contributed by atoms with van der Waals surface area (Å²) in [5, 5.41) is 3.28. The first kappa shape index (κ1) is 12.9. The Labute approximate surface area is 113 Å². The second-order valence-corrected chi connectivity index (χ2v) is 5.39. The van der Waals surface area contributed by atoms with Crippen LogP contribution in [-0.4, -0.2) is 32.4 Å². The van der Waals surface area contributed by atoms with E-state index in [0.29, 0.717) is 12.5 Å². The van der Waals surface area contributed by atoms with Gasteiger partial charge in [0, 0.05) is 18.7 Å². The van der Waals surface area contributed by atoms with Crippen molar-refractivity contribution in [1.82, 2.24) is 5.32 Å². The Balaban J connectivity index is 1.72. The molecule has 19 heavy (non-hydrogen) atoms. The fourth-order valence-electron chi connectivity index (χ4n) is 2.95. The number of halogens is 1. The van der Waals surface area contributed by atoms with E-state index < -0.39 is 0 Å². The molecule has 4 heteroatoms. The van der Waals surface area contributed by atoms with Gasteiger partial charge in [-0.25, -0.2) is 4.39 Å². The van der Waals surface area contributed by atoms with E-state index in [0.717, 1.165) is 49.4 Å². The number of nitrogens with one attached hydrogen (secondary N) is 1. The van der Waals surface area contributed by atoms with Crippen LogP contribution in [0.3, 0.4) is 0 Å². The molecule has 0 bridgehead atoms. The highest BCUT2D eigenvalue weighted by Crippen LogP contribution is 2.40. The Morgan fingerprint density at radius 1 is 1.47 bits per heavy atom. The van der Waals surface area contributed by atoms with Crippen LogP contribution >= 0.6 is 0 Å². The van der Waals surface area contributed by atoms with Crippen LogP contribution in [0.25, 0.3) is 0 Å². The molecule has 3 rings (SSSR count). The SMILES string of the molecule is CC1CCc2c(F)ccc(OCC3CNCCO3)c21. The molecule has 2 unspecified atom stereocenters. The molecule has 1 aromatic rings. The number of benzene rings is 1. The van der Waals surface area contributed by atoms with Gasteiger partial charge < -0.3 is 14.8 Å². The highest BCUT2D eigenvalue weighted by Gasteiger charge is 2.26. The zero-order valence-corrected chi connectivity index (χ0v) is 11.2. The fraction of sp³-hybridized carbons (Fsp3) is 0.600. The second kappa shape index (κ2) is 5.47. The molecule has 104 valence electrons. The predicted molar refractivity (Wildman–Crippen MR) is 71.2 cm³/mol. The minimum absolute atomic E-state index is 0.0890. The maximum absolute atomic E-state index is 13.7. The Morgan fingerprint density at radius 3 is 3.16 bits per heavy atom. The molecule has 1 fully saturated rings. The minimum atomic E-state index is -0.0951. The van der Waals surface area contributed by atoms with Crippen LogP contribution in [0.5, 0.6) is 5.75 Å². The quantitative estimate of drug-likeness (QED) is 0.909. The van der Waals surface area contributed by atoms with Crippen molar-refractivity contribution in [3.8, 4) is 5.75 Å². The van der Waals surface area contributed by atoms with Gasteiger partial charge in [-0.05, 0) is 36.5 Å². The van der Waals surface area contributed by atoms with Gasteiger partial charge in [-0.1, -0.05) is 6.92 Å². The maximum atomic E-state index is 13.7. The smallest absolute Gasteiger partial charge is 0.126 e. The molecule has 1 aliphatic heterocycles. The monoisotopic (exact) mass is 265 g/mol. The molecule has 1 N–H and O–H groups in total. The molecule has 1 aliphatic carbocycles. The number of hydrogen-bond donors (Lipinski definition) is 1. The number of fused-ring (bicyclic) bond motifs is 1. The van der Waals surface area contributed by atoms with Gasteiger partial charge in [0.05, 0.1) is 6.61 Å². The number of rotatable bonds is 3. The summed E-state index contributed by atoms with van der Waals surface area (Å²) in [7, 11) is 0. The van der Waals surface area contributed by atoms with Gasteiger partial charge in [0.25, 0.3) is 0 Å². The third kappa shape index (κ3) is 2.60. The molecule has 3 nitrogen and oxygen atoms in total. The van der Waals surface area contributed by atoms with E-state index in [1.54, 1.807) is 6.07 Å². The zero-order chi connectivity index (χ0) is 13.2. The van der Waals surface area contributed by atoms with E-state index in [1.807, 2.05) is 0 Å². The van der Waals surface area contributed by atoms with Gasteiger partial charge in [0.15, 0.2) is 0 Å². The molecule has 0 aromatic heterocycles. The Bertz CT molecular complexity index is 458. The lowest BCUT2D eigenvalue weighted by Gasteiger charge is -2.24. The van der Waals surface area contributed by atoms with Crippen molar-refractivity contribution in [3.63, 3.8) is 0 Å². The van der Waals surface area contributed by atoms with Crippen LogP contribution in [0.1, 0.15) is 30.4 Å². The summed E-state index contributed by atoms with van der Waals surface area (Å²) in [6, 6.07) is 3.28. The molecule has 2 aliphatic rings. The third-order valence-corrected chi connectivity index (χ3v) is 4.01. The van der Waals surface area contributed by atoms with E-state index in [9.17, 15) is 4.39 Å². The minimum Gasteiger partial charge on any atom is -0.491 e. The Hall–Kier alpha value is -1.13. The van der Waals surface area contributed by atoms with E-state index in [4.69, 9.17) is 9.47 Å². The van der Waals surface area contributed by atoms with Gasteiger partial charge in [0.2, 0.25) is 0 Å². The number of morpholine rings is 1. The summed E-state index contributed by atoms with van der Waals surface area (Å²) in [6.07, 6.45) is 1.92. The molecule has 0 amide bonds. The molecule has 1 saturated heterocycles. The Morgan fingerprint density at radius 2 is 2.37 bits per heavy atom. The summed E-state index contributed by atoms with van der Waals surface area (Å²) in [4.78, 5) is 0. The maximum Gasteiger partial charge on any atom is 0.126 e. The first-order chi connectivity index (χ1) is 9.25. The van der Waals surface area contributed by atoms with E-state index >= 15 is 0 Å². The van der Waals surface area contributed by atoms with Gasteiger partial charge in [0.1, 0.15) is 24.3 Å². The van der Waals surface area contributed by atoms with Crippen molar-refractivity contribution < 1.29 is 13.9 Å². The van der Waals surface area contributed by atoms with Crippen LogP contribution in [0, 0.1) is 5.82 Å². The summed E-state index contributed by atoms with van der Waals surface area (Å²) in [6.45, 7) is 5.11. The zero-order valence-electron chi connectivity index (χ0n) is 11.2. The molecule has 2 atom stereocenters. The normalized spacial score (nSPS) is 26.2. The fourth-order valence-corrected chi connectivity index (χ4v) is 2.95. The average Bonchev–Trinajstić information content (AvgIpc) is 2.83.